The van der Waals surface area contributed by atoms with Crippen molar-refractivity contribution in [3.05, 3.63) is 18.5 Å². The van der Waals surface area contributed by atoms with Gasteiger partial charge >= 0.3 is 5.97 Å². The molecule has 2 rings (SSSR count). The summed E-state index contributed by atoms with van der Waals surface area (Å²) < 4.78 is 6.18. The topological polar surface area (TPSA) is 69.4 Å². The molecule has 16 heavy (non-hydrogen) atoms. The molecule has 0 aliphatic heterocycles. The van der Waals surface area contributed by atoms with Crippen LogP contribution in [0.2, 0.25) is 0 Å². The minimum atomic E-state index is -0.331. The van der Waals surface area contributed by atoms with E-state index >= 15 is 0 Å². The predicted octanol–water partition coefficient (Wildman–Crippen LogP) is 0.778. The third kappa shape index (κ3) is 2.13. The summed E-state index contributed by atoms with van der Waals surface area (Å²) in [5, 5.41) is 4.35. The van der Waals surface area contributed by atoms with Crippen molar-refractivity contribution in [1.29, 1.82) is 0 Å². The van der Waals surface area contributed by atoms with Crippen molar-refractivity contribution in [3.8, 4) is 0 Å². The van der Waals surface area contributed by atoms with E-state index in [9.17, 15) is 4.79 Å². The van der Waals surface area contributed by atoms with Crippen molar-refractivity contribution in [2.24, 2.45) is 0 Å². The first-order valence-electron chi connectivity index (χ1n) is 4.62. The highest BCUT2D eigenvalue weighted by Gasteiger charge is 2.17. The highest BCUT2D eigenvalue weighted by molar-refractivity contribution is 8.00. The Bertz CT molecular complexity index is 480. The average Bonchev–Trinajstić information content (AvgIpc) is 2.69. The van der Waals surface area contributed by atoms with E-state index in [4.69, 9.17) is 0 Å². The number of methoxy groups -OCH3 is 1. The van der Waals surface area contributed by atoms with Gasteiger partial charge < -0.3 is 4.74 Å². The first kappa shape index (κ1) is 10.9. The highest BCUT2D eigenvalue weighted by atomic mass is 32.2. The van der Waals surface area contributed by atoms with E-state index in [1.54, 1.807) is 29.9 Å². The number of rotatable bonds is 3. The third-order valence-corrected chi connectivity index (χ3v) is 2.84. The molecule has 0 N–H and O–H groups in total. The van der Waals surface area contributed by atoms with Crippen LogP contribution in [0.1, 0.15) is 6.92 Å². The van der Waals surface area contributed by atoms with Crippen LogP contribution in [0, 0.1) is 0 Å². The summed E-state index contributed by atoms with van der Waals surface area (Å²) in [7, 11) is 1.36. The summed E-state index contributed by atoms with van der Waals surface area (Å²) in [4.78, 5) is 19.4. The summed E-state index contributed by atoms with van der Waals surface area (Å²) in [5.74, 6) is 0.221. The zero-order valence-electron chi connectivity index (χ0n) is 8.82. The molecule has 1 atom stereocenters. The van der Waals surface area contributed by atoms with Crippen LogP contribution in [0.25, 0.3) is 5.78 Å². The molecule has 2 aromatic heterocycles. The van der Waals surface area contributed by atoms with Gasteiger partial charge in [0.05, 0.1) is 7.11 Å². The molecule has 0 aliphatic carbocycles. The number of thioether (sulfide) groups is 1. The van der Waals surface area contributed by atoms with Crippen LogP contribution in [0.4, 0.5) is 0 Å². The van der Waals surface area contributed by atoms with E-state index in [-0.39, 0.29) is 11.2 Å². The Kier molecular flexibility index (Phi) is 3.04. The molecule has 0 aromatic carbocycles. The minimum Gasteiger partial charge on any atom is -0.468 e. The van der Waals surface area contributed by atoms with Gasteiger partial charge in [0, 0.05) is 12.4 Å². The molecule has 0 aliphatic rings. The maximum Gasteiger partial charge on any atom is 0.318 e. The van der Waals surface area contributed by atoms with Crippen LogP contribution in [-0.4, -0.2) is 37.9 Å². The Morgan fingerprint density at radius 2 is 2.44 bits per heavy atom. The smallest absolute Gasteiger partial charge is 0.318 e. The summed E-state index contributed by atoms with van der Waals surface area (Å²) in [6.07, 6.45) is 3.39. The lowest BCUT2D eigenvalue weighted by Gasteiger charge is -2.04. The lowest BCUT2D eigenvalue weighted by molar-refractivity contribution is -0.139. The minimum absolute atomic E-state index is 0.295. The first-order chi connectivity index (χ1) is 7.70. The zero-order chi connectivity index (χ0) is 11.5. The fraction of sp³-hybridized carbons (Fsp3) is 0.333. The number of hydrogen-bond donors (Lipinski definition) is 0. The molecule has 2 heterocycles. The molecule has 0 bridgehead atoms. The zero-order valence-corrected chi connectivity index (χ0v) is 9.64. The van der Waals surface area contributed by atoms with Crippen LogP contribution in [0.15, 0.2) is 23.6 Å². The van der Waals surface area contributed by atoms with Crippen LogP contribution in [0.3, 0.4) is 0 Å². The van der Waals surface area contributed by atoms with Gasteiger partial charge in [0.1, 0.15) is 5.25 Å². The van der Waals surface area contributed by atoms with E-state index in [0.29, 0.717) is 10.9 Å². The number of fused-ring (bicyclic) bond motifs is 1. The Hall–Kier alpha value is -1.63. The number of carbonyl (C=O) groups excluding carboxylic acids is 1. The highest BCUT2D eigenvalue weighted by Crippen LogP contribution is 2.20. The third-order valence-electron chi connectivity index (χ3n) is 1.91. The van der Waals surface area contributed by atoms with Gasteiger partial charge in [-0.15, -0.1) is 5.10 Å². The molecule has 0 spiro atoms. The summed E-state index contributed by atoms with van der Waals surface area (Å²) in [5.41, 5.74) is 0. The Labute approximate surface area is 96.0 Å². The van der Waals surface area contributed by atoms with E-state index in [1.807, 2.05) is 0 Å². The van der Waals surface area contributed by atoms with Crippen molar-refractivity contribution in [3.63, 3.8) is 0 Å². The fourth-order valence-electron chi connectivity index (χ4n) is 1.14. The molecule has 6 nitrogen and oxygen atoms in total. The van der Waals surface area contributed by atoms with E-state index in [2.05, 4.69) is 19.8 Å². The molecule has 7 heteroatoms. The van der Waals surface area contributed by atoms with E-state index in [1.165, 1.54) is 18.9 Å². The van der Waals surface area contributed by atoms with Crippen LogP contribution in [-0.2, 0) is 9.53 Å². The molecule has 0 unspecified atom stereocenters. The molecule has 0 fully saturated rings. The molecule has 0 saturated heterocycles. The summed E-state index contributed by atoms with van der Waals surface area (Å²) >= 11 is 1.24. The quantitative estimate of drug-likeness (QED) is 0.581. The lowest BCUT2D eigenvalue weighted by atomic mass is 10.5. The second-order valence-electron chi connectivity index (χ2n) is 3.04. The first-order valence-corrected chi connectivity index (χ1v) is 5.50. The Balaban J connectivity index is 2.18. The monoisotopic (exact) mass is 238 g/mol. The Morgan fingerprint density at radius 1 is 1.62 bits per heavy atom. The number of ether oxygens (including phenoxy) is 1. The van der Waals surface area contributed by atoms with Gasteiger partial charge in [-0.25, -0.2) is 9.50 Å². The van der Waals surface area contributed by atoms with Gasteiger partial charge in [0.2, 0.25) is 5.16 Å². The fourth-order valence-corrected chi connectivity index (χ4v) is 1.91. The Morgan fingerprint density at radius 3 is 3.12 bits per heavy atom. The van der Waals surface area contributed by atoms with Gasteiger partial charge in [-0.1, -0.05) is 11.8 Å². The van der Waals surface area contributed by atoms with E-state index < -0.39 is 0 Å². The number of esters is 1. The maximum absolute atomic E-state index is 11.2. The van der Waals surface area contributed by atoms with Crippen molar-refractivity contribution in [2.75, 3.05) is 7.11 Å². The predicted molar refractivity (Wildman–Crippen MR) is 58.1 cm³/mol. The molecule has 84 valence electrons. The summed E-state index contributed by atoms with van der Waals surface area (Å²) in [6, 6.07) is 1.76. The molecule has 0 saturated carbocycles. The SMILES string of the molecule is COC(=O)[C@H](C)Sc1nc2ncccn2n1. The molecule has 2 aromatic rings. The van der Waals surface area contributed by atoms with Gasteiger partial charge in [0.15, 0.2) is 0 Å². The van der Waals surface area contributed by atoms with E-state index in [0.717, 1.165) is 0 Å². The molecule has 0 radical (unpaired) electrons. The van der Waals surface area contributed by atoms with Crippen LogP contribution >= 0.6 is 11.8 Å². The van der Waals surface area contributed by atoms with Gasteiger partial charge in [0.25, 0.3) is 5.78 Å². The maximum atomic E-state index is 11.2. The van der Waals surface area contributed by atoms with Gasteiger partial charge in [-0.3, -0.25) is 4.79 Å². The van der Waals surface area contributed by atoms with Crippen LogP contribution in [0.5, 0.6) is 0 Å². The molecule has 0 amide bonds. The van der Waals surface area contributed by atoms with Crippen molar-refractivity contribution >= 4 is 23.5 Å². The molecular weight excluding hydrogens is 228 g/mol. The normalized spacial score (nSPS) is 12.6. The van der Waals surface area contributed by atoms with Crippen LogP contribution < -0.4 is 0 Å². The standard InChI is InChI=1S/C9H10N4O2S/c1-6(7(14)15-2)16-9-11-8-10-4-3-5-13(8)12-9/h3-6H,1-2H3/t6-/m0/s1. The number of carbonyl (C=O) groups is 1. The van der Waals surface area contributed by atoms with Crippen molar-refractivity contribution in [2.45, 2.75) is 17.3 Å². The number of nitrogens with zero attached hydrogens (tertiary/aromatic N) is 4. The van der Waals surface area contributed by atoms with Gasteiger partial charge in [-0.05, 0) is 13.0 Å². The van der Waals surface area contributed by atoms with Crippen molar-refractivity contribution < 1.29 is 9.53 Å². The number of aromatic nitrogens is 4. The van der Waals surface area contributed by atoms with Crippen molar-refractivity contribution in [1.82, 2.24) is 19.6 Å². The second kappa shape index (κ2) is 4.48. The number of hydrogen-bond acceptors (Lipinski definition) is 6. The average molecular weight is 238 g/mol. The lowest BCUT2D eigenvalue weighted by Crippen LogP contribution is -2.14. The largest absolute Gasteiger partial charge is 0.468 e. The summed E-state index contributed by atoms with van der Waals surface area (Å²) in [6.45, 7) is 1.75. The second-order valence-corrected chi connectivity index (χ2v) is 4.35. The molecular formula is C9H10N4O2S. The van der Waals surface area contributed by atoms with Gasteiger partial charge in [-0.2, -0.15) is 4.98 Å².